The quantitative estimate of drug-likeness (QED) is 0.816. The number of rotatable bonds is 2. The lowest BCUT2D eigenvalue weighted by atomic mass is 10.2. The molecule has 0 amide bonds. The SMILES string of the molecule is NCc1cc(C(F)F)nc(N)c1I. The Bertz CT molecular complexity index is 317. The number of nitrogens with two attached hydrogens (primary N) is 2. The van der Waals surface area contributed by atoms with E-state index in [2.05, 4.69) is 4.98 Å². The molecule has 1 rings (SSSR count). The van der Waals surface area contributed by atoms with Crippen LogP contribution >= 0.6 is 22.6 Å². The van der Waals surface area contributed by atoms with Gasteiger partial charge in [-0.25, -0.2) is 13.8 Å². The van der Waals surface area contributed by atoms with Gasteiger partial charge in [0.05, 0.1) is 3.57 Å². The summed E-state index contributed by atoms with van der Waals surface area (Å²) in [5.41, 5.74) is 11.1. The van der Waals surface area contributed by atoms with Gasteiger partial charge < -0.3 is 11.5 Å². The number of hydrogen-bond donors (Lipinski definition) is 2. The fourth-order valence-corrected chi connectivity index (χ4v) is 1.38. The molecule has 13 heavy (non-hydrogen) atoms. The van der Waals surface area contributed by atoms with E-state index in [1.54, 1.807) is 0 Å². The Balaban J connectivity index is 3.22. The summed E-state index contributed by atoms with van der Waals surface area (Å²) in [4.78, 5) is 3.55. The zero-order chi connectivity index (χ0) is 10.0. The Kier molecular flexibility index (Phi) is 3.37. The van der Waals surface area contributed by atoms with Crippen LogP contribution in [0.2, 0.25) is 0 Å². The molecular weight excluding hydrogens is 291 g/mol. The summed E-state index contributed by atoms with van der Waals surface area (Å²) >= 11 is 1.93. The van der Waals surface area contributed by atoms with Gasteiger partial charge >= 0.3 is 0 Å². The van der Waals surface area contributed by atoms with Gasteiger partial charge in [-0.2, -0.15) is 0 Å². The van der Waals surface area contributed by atoms with Crippen LogP contribution in [-0.4, -0.2) is 4.98 Å². The minimum absolute atomic E-state index is 0.110. The van der Waals surface area contributed by atoms with Gasteiger partial charge in [0.15, 0.2) is 0 Å². The smallest absolute Gasteiger partial charge is 0.280 e. The lowest BCUT2D eigenvalue weighted by Gasteiger charge is -2.07. The fraction of sp³-hybridized carbons (Fsp3) is 0.286. The Morgan fingerprint density at radius 3 is 2.62 bits per heavy atom. The first-order valence-electron chi connectivity index (χ1n) is 3.49. The van der Waals surface area contributed by atoms with E-state index < -0.39 is 6.43 Å². The van der Waals surface area contributed by atoms with E-state index in [1.165, 1.54) is 6.07 Å². The van der Waals surface area contributed by atoms with Crippen LogP contribution in [0.15, 0.2) is 6.07 Å². The molecule has 72 valence electrons. The highest BCUT2D eigenvalue weighted by Crippen LogP contribution is 2.24. The molecule has 0 radical (unpaired) electrons. The van der Waals surface area contributed by atoms with Gasteiger partial charge in [0, 0.05) is 6.54 Å². The standard InChI is InChI=1S/C7H8F2IN3/c8-6(9)4-1-3(2-11)5(10)7(12)13-4/h1,6H,2,11H2,(H2,12,13). The Morgan fingerprint density at radius 2 is 2.15 bits per heavy atom. The average Bonchev–Trinajstić information content (AvgIpc) is 2.09. The predicted octanol–water partition coefficient (Wildman–Crippen LogP) is 1.66. The molecule has 1 heterocycles. The third-order valence-corrected chi connectivity index (χ3v) is 2.77. The summed E-state index contributed by atoms with van der Waals surface area (Å²) in [5.74, 6) is 0.110. The molecule has 1 aromatic heterocycles. The number of anilines is 1. The largest absolute Gasteiger partial charge is 0.383 e. The van der Waals surface area contributed by atoms with Crippen LogP contribution in [0.5, 0.6) is 0 Å². The molecule has 0 aliphatic rings. The number of nitrogen functional groups attached to an aromatic ring is 1. The molecule has 0 unspecified atom stereocenters. The molecule has 0 saturated heterocycles. The maximum Gasteiger partial charge on any atom is 0.280 e. The van der Waals surface area contributed by atoms with Crippen molar-refractivity contribution in [1.29, 1.82) is 0 Å². The van der Waals surface area contributed by atoms with Crippen molar-refractivity contribution < 1.29 is 8.78 Å². The minimum Gasteiger partial charge on any atom is -0.383 e. The van der Waals surface area contributed by atoms with Crippen molar-refractivity contribution in [3.63, 3.8) is 0 Å². The molecule has 0 fully saturated rings. The third-order valence-electron chi connectivity index (χ3n) is 1.52. The lowest BCUT2D eigenvalue weighted by molar-refractivity contribution is 0.146. The first-order valence-corrected chi connectivity index (χ1v) is 4.57. The van der Waals surface area contributed by atoms with E-state index in [0.717, 1.165) is 0 Å². The Labute approximate surface area is 87.7 Å². The second-order valence-electron chi connectivity index (χ2n) is 2.41. The summed E-state index contributed by atoms with van der Waals surface area (Å²) in [5, 5.41) is 0. The monoisotopic (exact) mass is 299 g/mol. The second-order valence-corrected chi connectivity index (χ2v) is 3.49. The molecule has 0 aromatic carbocycles. The zero-order valence-corrected chi connectivity index (χ0v) is 8.76. The molecule has 3 nitrogen and oxygen atoms in total. The topological polar surface area (TPSA) is 64.9 Å². The highest BCUT2D eigenvalue weighted by Gasteiger charge is 2.13. The second kappa shape index (κ2) is 4.14. The van der Waals surface area contributed by atoms with Gasteiger partial charge in [-0.15, -0.1) is 0 Å². The van der Waals surface area contributed by atoms with Crippen molar-refractivity contribution in [2.45, 2.75) is 13.0 Å². The van der Waals surface area contributed by atoms with Gasteiger partial charge in [0.2, 0.25) is 0 Å². The molecule has 0 aliphatic heterocycles. The van der Waals surface area contributed by atoms with Crippen LogP contribution in [0.3, 0.4) is 0 Å². The van der Waals surface area contributed by atoms with Crippen LogP contribution in [0.25, 0.3) is 0 Å². The van der Waals surface area contributed by atoms with Crippen LogP contribution < -0.4 is 11.5 Å². The average molecular weight is 299 g/mol. The van der Waals surface area contributed by atoms with Crippen LogP contribution in [0.1, 0.15) is 17.7 Å². The minimum atomic E-state index is -2.61. The first kappa shape index (κ1) is 10.6. The van der Waals surface area contributed by atoms with Gasteiger partial charge in [0.1, 0.15) is 11.5 Å². The molecule has 0 spiro atoms. The number of aromatic nitrogens is 1. The molecule has 0 atom stereocenters. The number of halogens is 3. The van der Waals surface area contributed by atoms with Crippen molar-refractivity contribution >= 4 is 28.4 Å². The van der Waals surface area contributed by atoms with Crippen molar-refractivity contribution in [3.05, 3.63) is 20.9 Å². The van der Waals surface area contributed by atoms with E-state index >= 15 is 0 Å². The van der Waals surface area contributed by atoms with Gasteiger partial charge in [0.25, 0.3) is 6.43 Å². The highest BCUT2D eigenvalue weighted by molar-refractivity contribution is 14.1. The van der Waals surface area contributed by atoms with E-state index in [0.29, 0.717) is 9.13 Å². The molecule has 1 aromatic rings. The van der Waals surface area contributed by atoms with Gasteiger partial charge in [-0.1, -0.05) is 0 Å². The summed E-state index contributed by atoms with van der Waals surface area (Å²) in [6.45, 7) is 0.185. The van der Waals surface area contributed by atoms with Crippen molar-refractivity contribution in [3.8, 4) is 0 Å². The normalized spacial score (nSPS) is 10.8. The van der Waals surface area contributed by atoms with Crippen LogP contribution in [-0.2, 0) is 6.54 Å². The lowest BCUT2D eigenvalue weighted by Crippen LogP contribution is -2.06. The van der Waals surface area contributed by atoms with Crippen LogP contribution in [0.4, 0.5) is 14.6 Å². The van der Waals surface area contributed by atoms with Crippen molar-refractivity contribution in [2.24, 2.45) is 5.73 Å². The van der Waals surface area contributed by atoms with E-state index in [-0.39, 0.29) is 18.1 Å². The molecule has 0 aliphatic carbocycles. The molecule has 0 bridgehead atoms. The predicted molar refractivity (Wildman–Crippen MR) is 54.2 cm³/mol. The van der Waals surface area contributed by atoms with Crippen LogP contribution in [0, 0.1) is 3.57 Å². The maximum atomic E-state index is 12.2. The van der Waals surface area contributed by atoms with Crippen molar-refractivity contribution in [2.75, 3.05) is 5.73 Å². The third kappa shape index (κ3) is 2.25. The van der Waals surface area contributed by atoms with E-state index in [1.807, 2.05) is 22.6 Å². The summed E-state index contributed by atoms with van der Waals surface area (Å²) < 4.78 is 25.1. The van der Waals surface area contributed by atoms with Gasteiger partial charge in [-0.3, -0.25) is 0 Å². The highest BCUT2D eigenvalue weighted by atomic mass is 127. The van der Waals surface area contributed by atoms with E-state index in [9.17, 15) is 8.78 Å². The van der Waals surface area contributed by atoms with E-state index in [4.69, 9.17) is 11.5 Å². The number of hydrogen-bond acceptors (Lipinski definition) is 3. The number of pyridine rings is 1. The maximum absolute atomic E-state index is 12.2. The Hall–Kier alpha value is -0.500. The summed E-state index contributed by atoms with van der Waals surface area (Å²) in [6, 6.07) is 1.28. The fourth-order valence-electron chi connectivity index (χ4n) is 0.887. The Morgan fingerprint density at radius 1 is 1.54 bits per heavy atom. The van der Waals surface area contributed by atoms with Gasteiger partial charge in [-0.05, 0) is 34.2 Å². The number of alkyl halides is 2. The molecule has 4 N–H and O–H groups in total. The number of nitrogens with zero attached hydrogens (tertiary/aromatic N) is 1. The molecule has 6 heteroatoms. The molecular formula is C7H8F2IN3. The summed E-state index contributed by atoms with van der Waals surface area (Å²) in [6.07, 6.45) is -2.61. The zero-order valence-electron chi connectivity index (χ0n) is 6.60. The van der Waals surface area contributed by atoms with Crippen molar-refractivity contribution in [1.82, 2.24) is 4.98 Å². The summed E-state index contributed by atoms with van der Waals surface area (Å²) in [7, 11) is 0. The molecule has 0 saturated carbocycles. The first-order chi connectivity index (χ1) is 6.06.